The molecule has 0 aliphatic carbocycles. The summed E-state index contributed by atoms with van der Waals surface area (Å²) in [6.45, 7) is 11.1. The van der Waals surface area contributed by atoms with Crippen molar-refractivity contribution >= 4 is 11.7 Å². The van der Waals surface area contributed by atoms with Gasteiger partial charge in [-0.2, -0.15) is 0 Å². The van der Waals surface area contributed by atoms with Gasteiger partial charge >= 0.3 is 0 Å². The molecule has 1 heterocycles. The third kappa shape index (κ3) is 3.95. The minimum absolute atomic E-state index is 0.0434. The van der Waals surface area contributed by atoms with E-state index in [2.05, 4.69) is 38.0 Å². The average molecular weight is 277 g/mol. The van der Waals surface area contributed by atoms with Gasteiger partial charge in [0.25, 0.3) is 5.91 Å². The van der Waals surface area contributed by atoms with E-state index in [4.69, 9.17) is 0 Å². The molecule has 1 rings (SSSR count). The molecule has 0 radical (unpaired) electrons. The van der Waals surface area contributed by atoms with Gasteiger partial charge in [-0.1, -0.05) is 13.8 Å². The zero-order valence-corrected chi connectivity index (χ0v) is 13.6. The van der Waals surface area contributed by atoms with E-state index in [-0.39, 0.29) is 11.4 Å². The molecule has 1 amide bonds. The Morgan fingerprint density at radius 1 is 1.35 bits per heavy atom. The third-order valence-corrected chi connectivity index (χ3v) is 3.83. The standard InChI is InChI=1S/C16H27N3O/c1-7-9-17-14-11-13(10-12(3)18-14)15(20)19(6)16(4,5)8-2/h10-11H,7-9H2,1-6H3,(H,17,18). The zero-order chi connectivity index (χ0) is 15.3. The first-order chi connectivity index (χ1) is 9.31. The molecule has 0 aliphatic heterocycles. The van der Waals surface area contributed by atoms with E-state index in [1.165, 1.54) is 0 Å². The second-order valence-corrected chi connectivity index (χ2v) is 5.84. The molecule has 0 aliphatic rings. The lowest BCUT2D eigenvalue weighted by molar-refractivity contribution is 0.0620. The summed E-state index contributed by atoms with van der Waals surface area (Å²) < 4.78 is 0. The lowest BCUT2D eigenvalue weighted by Gasteiger charge is -2.35. The van der Waals surface area contributed by atoms with Gasteiger partial charge < -0.3 is 10.2 Å². The van der Waals surface area contributed by atoms with Gasteiger partial charge in [-0.15, -0.1) is 0 Å². The number of aryl methyl sites for hydroxylation is 1. The molecule has 0 bridgehead atoms. The number of carbonyl (C=O) groups is 1. The van der Waals surface area contributed by atoms with E-state index in [9.17, 15) is 4.79 Å². The van der Waals surface area contributed by atoms with Gasteiger partial charge in [0.2, 0.25) is 0 Å². The third-order valence-electron chi connectivity index (χ3n) is 3.83. The number of pyridine rings is 1. The summed E-state index contributed by atoms with van der Waals surface area (Å²) in [5.41, 5.74) is 1.41. The van der Waals surface area contributed by atoms with Crippen molar-refractivity contribution in [2.75, 3.05) is 18.9 Å². The Hall–Kier alpha value is -1.58. The molecule has 4 nitrogen and oxygen atoms in total. The molecule has 0 spiro atoms. The van der Waals surface area contributed by atoms with Crippen molar-refractivity contribution in [1.82, 2.24) is 9.88 Å². The first-order valence-corrected chi connectivity index (χ1v) is 7.32. The van der Waals surface area contributed by atoms with Gasteiger partial charge in [-0.3, -0.25) is 4.79 Å². The van der Waals surface area contributed by atoms with Gasteiger partial charge in [0.1, 0.15) is 5.82 Å². The van der Waals surface area contributed by atoms with Gasteiger partial charge in [0.05, 0.1) is 0 Å². The number of nitrogens with one attached hydrogen (secondary N) is 1. The number of aromatic nitrogens is 1. The van der Waals surface area contributed by atoms with Gasteiger partial charge in [-0.25, -0.2) is 4.98 Å². The molecular weight excluding hydrogens is 250 g/mol. The van der Waals surface area contributed by atoms with E-state index in [0.717, 1.165) is 30.9 Å². The Morgan fingerprint density at radius 2 is 2.00 bits per heavy atom. The van der Waals surface area contributed by atoms with Crippen LogP contribution in [0, 0.1) is 6.92 Å². The maximum Gasteiger partial charge on any atom is 0.254 e. The van der Waals surface area contributed by atoms with E-state index < -0.39 is 0 Å². The van der Waals surface area contributed by atoms with Crippen LogP contribution in [0.25, 0.3) is 0 Å². The number of nitrogens with zero attached hydrogens (tertiary/aromatic N) is 2. The average Bonchev–Trinajstić information content (AvgIpc) is 2.42. The number of amides is 1. The Balaban J connectivity index is 3.01. The molecule has 0 atom stereocenters. The topological polar surface area (TPSA) is 45.2 Å². The quantitative estimate of drug-likeness (QED) is 0.866. The highest BCUT2D eigenvalue weighted by atomic mass is 16.2. The molecule has 1 aromatic rings. The van der Waals surface area contributed by atoms with Gasteiger partial charge in [0, 0.05) is 30.4 Å². The Morgan fingerprint density at radius 3 is 2.55 bits per heavy atom. The fourth-order valence-electron chi connectivity index (χ4n) is 1.84. The van der Waals surface area contributed by atoms with Crippen molar-refractivity contribution < 1.29 is 4.79 Å². The summed E-state index contributed by atoms with van der Waals surface area (Å²) in [6, 6.07) is 3.69. The lowest BCUT2D eigenvalue weighted by atomic mass is 9.99. The van der Waals surface area contributed by atoms with E-state index in [1.54, 1.807) is 0 Å². The fourth-order valence-corrected chi connectivity index (χ4v) is 1.84. The molecule has 0 saturated heterocycles. The van der Waals surface area contributed by atoms with Crippen LogP contribution in [0.2, 0.25) is 0 Å². The summed E-state index contributed by atoms with van der Waals surface area (Å²) in [7, 11) is 1.86. The van der Waals surface area contributed by atoms with Crippen LogP contribution in [0.1, 0.15) is 56.6 Å². The molecule has 4 heteroatoms. The molecule has 0 unspecified atom stereocenters. The number of hydrogen-bond acceptors (Lipinski definition) is 3. The summed E-state index contributed by atoms with van der Waals surface area (Å²) in [5, 5.41) is 3.24. The predicted molar refractivity (Wildman–Crippen MR) is 84.2 cm³/mol. The Labute approximate surface area is 122 Å². The maximum atomic E-state index is 12.6. The first-order valence-electron chi connectivity index (χ1n) is 7.32. The highest BCUT2D eigenvalue weighted by molar-refractivity contribution is 5.95. The minimum Gasteiger partial charge on any atom is -0.370 e. The zero-order valence-electron chi connectivity index (χ0n) is 13.6. The molecule has 0 saturated carbocycles. The fraction of sp³-hybridized carbons (Fsp3) is 0.625. The van der Waals surface area contributed by atoms with Crippen LogP contribution in [0.15, 0.2) is 12.1 Å². The van der Waals surface area contributed by atoms with Crippen LogP contribution in [0.5, 0.6) is 0 Å². The van der Waals surface area contributed by atoms with Crippen LogP contribution in [-0.2, 0) is 0 Å². The van der Waals surface area contributed by atoms with Crippen molar-refractivity contribution in [3.05, 3.63) is 23.4 Å². The monoisotopic (exact) mass is 277 g/mol. The largest absolute Gasteiger partial charge is 0.370 e. The van der Waals surface area contributed by atoms with Crippen molar-refractivity contribution in [2.24, 2.45) is 0 Å². The Kier molecular flexibility index (Phi) is 5.54. The lowest BCUT2D eigenvalue weighted by Crippen LogP contribution is -2.44. The summed E-state index contributed by atoms with van der Waals surface area (Å²) in [4.78, 5) is 18.8. The summed E-state index contributed by atoms with van der Waals surface area (Å²) in [5.74, 6) is 0.819. The molecule has 0 aromatic carbocycles. The van der Waals surface area contributed by atoms with E-state index >= 15 is 0 Å². The second kappa shape index (κ2) is 6.73. The van der Waals surface area contributed by atoms with Gasteiger partial charge in [0.15, 0.2) is 0 Å². The second-order valence-electron chi connectivity index (χ2n) is 5.84. The van der Waals surface area contributed by atoms with Crippen molar-refractivity contribution in [3.8, 4) is 0 Å². The Bertz CT molecular complexity index is 469. The number of carbonyl (C=O) groups excluding carboxylic acids is 1. The minimum atomic E-state index is -0.148. The normalized spacial score (nSPS) is 11.3. The molecule has 20 heavy (non-hydrogen) atoms. The van der Waals surface area contributed by atoms with E-state index in [1.807, 2.05) is 31.0 Å². The molecule has 112 valence electrons. The number of rotatable bonds is 6. The molecule has 1 N–H and O–H groups in total. The van der Waals surface area contributed by atoms with Crippen LogP contribution >= 0.6 is 0 Å². The summed E-state index contributed by atoms with van der Waals surface area (Å²) >= 11 is 0. The van der Waals surface area contributed by atoms with Crippen molar-refractivity contribution in [1.29, 1.82) is 0 Å². The molecular formula is C16H27N3O. The SMILES string of the molecule is CCCNc1cc(C(=O)N(C)C(C)(C)CC)cc(C)n1. The highest BCUT2D eigenvalue weighted by Crippen LogP contribution is 2.20. The number of hydrogen-bond donors (Lipinski definition) is 1. The molecule has 0 fully saturated rings. The first kappa shape index (κ1) is 16.5. The summed E-state index contributed by atoms with van der Waals surface area (Å²) in [6.07, 6.45) is 1.95. The highest BCUT2D eigenvalue weighted by Gasteiger charge is 2.26. The predicted octanol–water partition coefficient (Wildman–Crippen LogP) is 3.47. The van der Waals surface area contributed by atoms with Crippen LogP contribution in [0.4, 0.5) is 5.82 Å². The van der Waals surface area contributed by atoms with Crippen molar-refractivity contribution in [2.45, 2.75) is 53.0 Å². The van der Waals surface area contributed by atoms with Crippen LogP contribution in [-0.4, -0.2) is 34.9 Å². The molecule has 1 aromatic heterocycles. The van der Waals surface area contributed by atoms with Crippen molar-refractivity contribution in [3.63, 3.8) is 0 Å². The van der Waals surface area contributed by atoms with Crippen LogP contribution < -0.4 is 5.32 Å². The number of anilines is 1. The maximum absolute atomic E-state index is 12.6. The smallest absolute Gasteiger partial charge is 0.254 e. The van der Waals surface area contributed by atoms with Gasteiger partial charge in [-0.05, 0) is 45.7 Å². The van der Waals surface area contributed by atoms with Crippen LogP contribution in [0.3, 0.4) is 0 Å². The van der Waals surface area contributed by atoms with E-state index in [0.29, 0.717) is 5.56 Å².